The molecule has 0 saturated carbocycles. The number of carboxylic acid groups (broad SMARTS) is 1. The van der Waals surface area contributed by atoms with Crippen molar-refractivity contribution in [2.45, 2.75) is 51.5 Å². The molecule has 2 heterocycles. The first-order valence-electron chi connectivity index (χ1n) is 11.6. The molecule has 184 valence electrons. The van der Waals surface area contributed by atoms with Gasteiger partial charge in [-0.3, -0.25) is 9.59 Å². The van der Waals surface area contributed by atoms with E-state index in [2.05, 4.69) is 5.16 Å². The zero-order chi connectivity index (χ0) is 25.2. The highest BCUT2D eigenvalue weighted by Gasteiger charge is 2.50. The summed E-state index contributed by atoms with van der Waals surface area (Å²) >= 11 is 12.5. The Kier molecular flexibility index (Phi) is 7.53. The van der Waals surface area contributed by atoms with Crippen molar-refractivity contribution >= 4 is 35.1 Å². The van der Waals surface area contributed by atoms with Crippen LogP contribution in [0.4, 0.5) is 0 Å². The molecule has 3 aromatic rings. The molecule has 0 radical (unpaired) electrons. The van der Waals surface area contributed by atoms with Crippen LogP contribution in [-0.2, 0) is 16.0 Å². The van der Waals surface area contributed by atoms with Crippen LogP contribution in [0.25, 0.3) is 0 Å². The molecule has 0 unspecified atom stereocenters. The van der Waals surface area contributed by atoms with E-state index in [1.807, 2.05) is 60.4 Å². The van der Waals surface area contributed by atoms with Crippen molar-refractivity contribution in [3.8, 4) is 0 Å². The number of carbonyl (C=O) groups excluding carboxylic acids is 1. The molecule has 0 aliphatic carbocycles. The van der Waals surface area contributed by atoms with Crippen LogP contribution >= 0.6 is 23.2 Å². The zero-order valence-electron chi connectivity index (χ0n) is 19.7. The molecule has 1 aliphatic heterocycles. The van der Waals surface area contributed by atoms with Crippen LogP contribution in [0.1, 0.15) is 60.5 Å². The highest BCUT2D eigenvalue weighted by Crippen LogP contribution is 2.51. The van der Waals surface area contributed by atoms with Crippen LogP contribution in [0.5, 0.6) is 0 Å². The van der Waals surface area contributed by atoms with Crippen LogP contribution in [0, 0.1) is 12.3 Å². The number of hydrogen-bond acceptors (Lipinski definition) is 4. The molecule has 1 N–H and O–H groups in total. The minimum absolute atomic E-state index is 0.144. The molecule has 1 fully saturated rings. The Morgan fingerprint density at radius 2 is 1.91 bits per heavy atom. The molecule has 6 nitrogen and oxygen atoms in total. The SMILES string of the molecule is Cc1nocc1CCCN1C(=O)[C@@](C)(CC(=O)O)C[C@H](c2cccc(Cl)c2)[C@H]1c1ccc(Cl)cc1. The van der Waals surface area contributed by atoms with E-state index in [4.69, 9.17) is 27.7 Å². The Labute approximate surface area is 214 Å². The van der Waals surface area contributed by atoms with Gasteiger partial charge in [-0.25, -0.2) is 0 Å². The Balaban J connectivity index is 1.76. The third-order valence-electron chi connectivity index (χ3n) is 6.89. The molecule has 0 spiro atoms. The number of aromatic nitrogens is 1. The van der Waals surface area contributed by atoms with Gasteiger partial charge in [0.25, 0.3) is 0 Å². The fourth-order valence-electron chi connectivity index (χ4n) is 5.20. The number of amides is 1. The first-order valence-corrected chi connectivity index (χ1v) is 12.4. The first kappa shape index (κ1) is 25.3. The first-order chi connectivity index (χ1) is 16.7. The number of benzene rings is 2. The third kappa shape index (κ3) is 5.54. The van der Waals surface area contributed by atoms with Gasteiger partial charge >= 0.3 is 5.97 Å². The van der Waals surface area contributed by atoms with Gasteiger partial charge in [0.2, 0.25) is 5.91 Å². The zero-order valence-corrected chi connectivity index (χ0v) is 21.2. The summed E-state index contributed by atoms with van der Waals surface area (Å²) < 4.78 is 5.05. The molecule has 8 heteroatoms. The Hall–Kier alpha value is -2.83. The average molecular weight is 515 g/mol. The van der Waals surface area contributed by atoms with E-state index in [0.29, 0.717) is 35.9 Å². The molecule has 1 aliphatic rings. The lowest BCUT2D eigenvalue weighted by Crippen LogP contribution is -2.52. The number of carbonyl (C=O) groups is 2. The smallest absolute Gasteiger partial charge is 0.304 e. The van der Waals surface area contributed by atoms with Crippen LogP contribution in [0.15, 0.2) is 59.3 Å². The molecule has 3 atom stereocenters. The molecular weight excluding hydrogens is 487 g/mol. The van der Waals surface area contributed by atoms with Gasteiger partial charge in [0.1, 0.15) is 6.26 Å². The van der Waals surface area contributed by atoms with Crippen molar-refractivity contribution in [2.75, 3.05) is 6.54 Å². The molecule has 1 aromatic heterocycles. The number of hydrogen-bond donors (Lipinski definition) is 1. The summed E-state index contributed by atoms with van der Waals surface area (Å²) in [6.45, 7) is 4.11. The molecule has 1 amide bonds. The van der Waals surface area contributed by atoms with E-state index in [-0.39, 0.29) is 24.3 Å². The third-order valence-corrected chi connectivity index (χ3v) is 7.38. The molecule has 4 rings (SSSR count). The maximum Gasteiger partial charge on any atom is 0.304 e. The van der Waals surface area contributed by atoms with Crippen LogP contribution in [-0.4, -0.2) is 33.6 Å². The van der Waals surface area contributed by atoms with Crippen molar-refractivity contribution in [3.05, 3.63) is 87.2 Å². The summed E-state index contributed by atoms with van der Waals surface area (Å²) in [5.74, 6) is -1.29. The summed E-state index contributed by atoms with van der Waals surface area (Å²) in [4.78, 5) is 27.6. The van der Waals surface area contributed by atoms with Crippen LogP contribution < -0.4 is 0 Å². The summed E-state index contributed by atoms with van der Waals surface area (Å²) in [6.07, 6.45) is 3.17. The Bertz CT molecular complexity index is 1210. The van der Waals surface area contributed by atoms with Crippen molar-refractivity contribution in [1.29, 1.82) is 0 Å². The largest absolute Gasteiger partial charge is 0.481 e. The quantitative estimate of drug-likeness (QED) is 0.372. The van der Waals surface area contributed by atoms with E-state index < -0.39 is 11.4 Å². The minimum atomic E-state index is -1.05. The predicted molar refractivity (Wildman–Crippen MR) is 135 cm³/mol. The van der Waals surface area contributed by atoms with E-state index in [0.717, 1.165) is 22.4 Å². The summed E-state index contributed by atoms with van der Waals surface area (Å²) in [5.41, 5.74) is 2.70. The Morgan fingerprint density at radius 3 is 2.54 bits per heavy atom. The van der Waals surface area contributed by atoms with Crippen LogP contribution in [0.3, 0.4) is 0 Å². The standard InChI is InChI=1S/C27H28Cl2N2O4/c1-17-20(16-35-30-17)6-4-12-31-25(18-8-10-21(28)11-9-18)23(19-5-3-7-22(29)13-19)14-27(2,26(31)34)15-24(32)33/h3,5,7-11,13,16,23,25H,4,6,12,14-15H2,1-2H3,(H,32,33)/t23-,25-,27-/m1/s1. The highest BCUT2D eigenvalue weighted by molar-refractivity contribution is 6.30. The van der Waals surface area contributed by atoms with Gasteiger partial charge in [0.15, 0.2) is 0 Å². The monoisotopic (exact) mass is 514 g/mol. The van der Waals surface area contributed by atoms with E-state index >= 15 is 0 Å². The second-order valence-corrected chi connectivity index (χ2v) is 10.4. The van der Waals surface area contributed by atoms with Crippen molar-refractivity contribution in [1.82, 2.24) is 10.1 Å². The lowest BCUT2D eigenvalue weighted by atomic mass is 9.67. The molecule has 0 bridgehead atoms. The minimum Gasteiger partial charge on any atom is -0.481 e. The molecule has 35 heavy (non-hydrogen) atoms. The number of halogens is 2. The normalized spacial score (nSPS) is 22.4. The van der Waals surface area contributed by atoms with Gasteiger partial charge in [-0.2, -0.15) is 0 Å². The van der Waals surface area contributed by atoms with Crippen LogP contribution in [0.2, 0.25) is 10.0 Å². The fraction of sp³-hybridized carbons (Fsp3) is 0.370. The average Bonchev–Trinajstić information content (AvgIpc) is 3.21. The van der Waals surface area contributed by atoms with Gasteiger partial charge in [0.05, 0.1) is 23.6 Å². The van der Waals surface area contributed by atoms with Gasteiger partial charge in [-0.05, 0) is 61.6 Å². The number of carboxylic acids is 1. The number of aryl methyl sites for hydroxylation is 2. The maximum atomic E-state index is 13.9. The predicted octanol–water partition coefficient (Wildman–Crippen LogP) is 6.46. The van der Waals surface area contributed by atoms with Crippen molar-refractivity contribution in [2.24, 2.45) is 5.41 Å². The lowest BCUT2D eigenvalue weighted by molar-refractivity contribution is -0.157. The number of likely N-dealkylation sites (tertiary alicyclic amines) is 1. The van der Waals surface area contributed by atoms with E-state index in [1.54, 1.807) is 13.2 Å². The number of piperidine rings is 1. The van der Waals surface area contributed by atoms with Gasteiger partial charge in [-0.1, -0.05) is 59.5 Å². The maximum absolute atomic E-state index is 13.9. The topological polar surface area (TPSA) is 83.6 Å². The summed E-state index contributed by atoms with van der Waals surface area (Å²) in [5, 5.41) is 14.8. The summed E-state index contributed by atoms with van der Waals surface area (Å²) in [6, 6.07) is 14.8. The molecular formula is C27H28Cl2N2O4. The lowest BCUT2D eigenvalue weighted by Gasteiger charge is -2.49. The van der Waals surface area contributed by atoms with Crippen molar-refractivity contribution in [3.63, 3.8) is 0 Å². The second kappa shape index (κ2) is 10.4. The number of aliphatic carboxylic acids is 1. The van der Waals surface area contributed by atoms with Gasteiger partial charge in [-0.15, -0.1) is 0 Å². The van der Waals surface area contributed by atoms with Crippen molar-refractivity contribution < 1.29 is 19.2 Å². The van der Waals surface area contributed by atoms with Gasteiger partial charge < -0.3 is 14.5 Å². The fourth-order valence-corrected chi connectivity index (χ4v) is 5.52. The van der Waals surface area contributed by atoms with Gasteiger partial charge in [0, 0.05) is 28.1 Å². The highest BCUT2D eigenvalue weighted by atomic mass is 35.5. The second-order valence-electron chi connectivity index (χ2n) is 9.52. The number of rotatable bonds is 8. The Morgan fingerprint density at radius 1 is 1.17 bits per heavy atom. The molecule has 2 aromatic carbocycles. The van der Waals surface area contributed by atoms with E-state index in [9.17, 15) is 14.7 Å². The molecule has 1 saturated heterocycles. The van der Waals surface area contributed by atoms with E-state index in [1.165, 1.54) is 0 Å². The summed E-state index contributed by atoms with van der Waals surface area (Å²) in [7, 11) is 0. The number of nitrogens with zero attached hydrogens (tertiary/aromatic N) is 2.